The number of aromatic amines is 1. The number of ether oxygens (including phenoxy) is 1. The predicted molar refractivity (Wildman–Crippen MR) is 65.8 cm³/mol. The van der Waals surface area contributed by atoms with Gasteiger partial charge in [0.15, 0.2) is 0 Å². The molecule has 18 heavy (non-hydrogen) atoms. The molecule has 2 heterocycles. The SMILES string of the molecule is O=c1cc[nH]cc1S(=O)(=O)NCC1CCOCC1. The van der Waals surface area contributed by atoms with Crippen molar-refractivity contribution >= 4 is 10.0 Å². The minimum atomic E-state index is -3.72. The van der Waals surface area contributed by atoms with E-state index in [9.17, 15) is 13.2 Å². The molecule has 0 atom stereocenters. The summed E-state index contributed by atoms with van der Waals surface area (Å²) in [6.07, 6.45) is 4.29. The third-order valence-corrected chi connectivity index (χ3v) is 4.43. The van der Waals surface area contributed by atoms with E-state index in [1.807, 2.05) is 0 Å². The quantitative estimate of drug-likeness (QED) is 0.812. The van der Waals surface area contributed by atoms with Crippen molar-refractivity contribution in [1.82, 2.24) is 9.71 Å². The van der Waals surface area contributed by atoms with Crippen LogP contribution in [0.1, 0.15) is 12.8 Å². The fraction of sp³-hybridized carbons (Fsp3) is 0.545. The number of aromatic nitrogens is 1. The van der Waals surface area contributed by atoms with E-state index in [2.05, 4.69) is 9.71 Å². The number of hydrogen-bond acceptors (Lipinski definition) is 4. The van der Waals surface area contributed by atoms with Gasteiger partial charge in [-0.05, 0) is 18.8 Å². The van der Waals surface area contributed by atoms with Crippen LogP contribution in [0, 0.1) is 5.92 Å². The van der Waals surface area contributed by atoms with Gasteiger partial charge < -0.3 is 9.72 Å². The first-order chi connectivity index (χ1) is 8.59. The molecule has 1 aliphatic rings. The molecule has 0 spiro atoms. The van der Waals surface area contributed by atoms with Crippen molar-refractivity contribution in [2.45, 2.75) is 17.7 Å². The number of H-pyrrole nitrogens is 1. The summed E-state index contributed by atoms with van der Waals surface area (Å²) in [6, 6.07) is 1.20. The Morgan fingerprint density at radius 2 is 2.11 bits per heavy atom. The summed E-state index contributed by atoms with van der Waals surface area (Å²) in [5, 5.41) is 0. The lowest BCUT2D eigenvalue weighted by atomic mass is 10.0. The maximum Gasteiger partial charge on any atom is 0.245 e. The minimum Gasteiger partial charge on any atom is -0.381 e. The Hall–Kier alpha value is -1.18. The number of sulfonamides is 1. The summed E-state index contributed by atoms with van der Waals surface area (Å²) in [4.78, 5) is 13.8. The second-order valence-electron chi connectivity index (χ2n) is 4.28. The Bertz CT molecular complexity index is 546. The van der Waals surface area contributed by atoms with Gasteiger partial charge in [-0.3, -0.25) is 4.79 Å². The van der Waals surface area contributed by atoms with Crippen molar-refractivity contribution in [2.75, 3.05) is 19.8 Å². The van der Waals surface area contributed by atoms with Crippen LogP contribution in [0.15, 0.2) is 28.2 Å². The normalized spacial score (nSPS) is 17.8. The van der Waals surface area contributed by atoms with E-state index in [1.54, 1.807) is 0 Å². The molecule has 0 aromatic carbocycles. The smallest absolute Gasteiger partial charge is 0.245 e. The Labute approximate surface area is 105 Å². The highest BCUT2D eigenvalue weighted by atomic mass is 32.2. The summed E-state index contributed by atoms with van der Waals surface area (Å²) in [5.74, 6) is 0.274. The molecule has 1 aliphatic heterocycles. The molecule has 100 valence electrons. The van der Waals surface area contributed by atoms with Crippen LogP contribution in [0.5, 0.6) is 0 Å². The van der Waals surface area contributed by atoms with Crippen LogP contribution in [0.25, 0.3) is 0 Å². The molecule has 2 rings (SSSR count). The van der Waals surface area contributed by atoms with Crippen molar-refractivity contribution in [1.29, 1.82) is 0 Å². The Balaban J connectivity index is 2.03. The van der Waals surface area contributed by atoms with E-state index < -0.39 is 15.5 Å². The Morgan fingerprint density at radius 3 is 2.78 bits per heavy atom. The molecule has 2 N–H and O–H groups in total. The minimum absolute atomic E-state index is 0.239. The molecule has 0 radical (unpaired) electrons. The first-order valence-electron chi connectivity index (χ1n) is 5.84. The molecule has 0 amide bonds. The highest BCUT2D eigenvalue weighted by molar-refractivity contribution is 7.89. The van der Waals surface area contributed by atoms with E-state index in [0.717, 1.165) is 12.8 Å². The largest absolute Gasteiger partial charge is 0.381 e. The zero-order valence-corrected chi connectivity index (χ0v) is 10.7. The molecule has 1 saturated heterocycles. The zero-order chi connectivity index (χ0) is 13.0. The van der Waals surface area contributed by atoms with Crippen LogP contribution in [0.4, 0.5) is 0 Å². The van der Waals surface area contributed by atoms with Crippen LogP contribution < -0.4 is 10.2 Å². The summed E-state index contributed by atoms with van der Waals surface area (Å²) in [6.45, 7) is 1.68. The monoisotopic (exact) mass is 272 g/mol. The molecule has 1 aromatic heterocycles. The summed E-state index contributed by atoms with van der Waals surface area (Å²) < 4.78 is 31.6. The fourth-order valence-electron chi connectivity index (χ4n) is 1.87. The van der Waals surface area contributed by atoms with E-state index in [4.69, 9.17) is 4.74 Å². The van der Waals surface area contributed by atoms with Crippen molar-refractivity contribution in [3.05, 3.63) is 28.7 Å². The van der Waals surface area contributed by atoms with Gasteiger partial charge in [0, 0.05) is 38.2 Å². The molecule has 0 aliphatic carbocycles. The molecule has 6 nitrogen and oxygen atoms in total. The molecule has 0 unspecified atom stereocenters. The van der Waals surface area contributed by atoms with E-state index in [0.29, 0.717) is 19.8 Å². The van der Waals surface area contributed by atoms with Gasteiger partial charge in [0.05, 0.1) is 0 Å². The average molecular weight is 272 g/mol. The molecule has 7 heteroatoms. The molecule has 1 aromatic rings. The summed E-state index contributed by atoms with van der Waals surface area (Å²) in [5.41, 5.74) is -0.506. The lowest BCUT2D eigenvalue weighted by molar-refractivity contribution is 0.0678. The van der Waals surface area contributed by atoms with Crippen LogP contribution in [0.3, 0.4) is 0 Å². The number of hydrogen-bond donors (Lipinski definition) is 2. The second kappa shape index (κ2) is 5.64. The van der Waals surface area contributed by atoms with E-state index in [-0.39, 0.29) is 10.8 Å². The zero-order valence-electron chi connectivity index (χ0n) is 9.89. The van der Waals surface area contributed by atoms with Gasteiger partial charge in [-0.1, -0.05) is 0 Å². The van der Waals surface area contributed by atoms with Crippen molar-refractivity contribution in [3.8, 4) is 0 Å². The third kappa shape index (κ3) is 3.18. The van der Waals surface area contributed by atoms with Gasteiger partial charge in [-0.15, -0.1) is 0 Å². The Morgan fingerprint density at radius 1 is 1.39 bits per heavy atom. The summed E-state index contributed by atoms with van der Waals surface area (Å²) >= 11 is 0. The van der Waals surface area contributed by atoms with Gasteiger partial charge in [0.2, 0.25) is 15.5 Å². The van der Waals surface area contributed by atoms with Gasteiger partial charge in [0.25, 0.3) is 0 Å². The lowest BCUT2D eigenvalue weighted by Gasteiger charge is -2.21. The molecular formula is C11H16N2O4S. The van der Waals surface area contributed by atoms with Crippen LogP contribution in [-0.2, 0) is 14.8 Å². The first kappa shape index (κ1) is 13.3. The van der Waals surface area contributed by atoms with E-state index in [1.165, 1.54) is 18.5 Å². The van der Waals surface area contributed by atoms with Gasteiger partial charge >= 0.3 is 0 Å². The van der Waals surface area contributed by atoms with Crippen molar-refractivity contribution in [2.24, 2.45) is 5.92 Å². The average Bonchev–Trinajstić information content (AvgIpc) is 2.38. The molecule has 0 bridgehead atoms. The number of nitrogens with one attached hydrogen (secondary N) is 2. The van der Waals surface area contributed by atoms with Gasteiger partial charge in [-0.2, -0.15) is 0 Å². The maximum absolute atomic E-state index is 11.9. The second-order valence-corrected chi connectivity index (χ2v) is 6.02. The standard InChI is InChI=1S/C11H16N2O4S/c14-10-1-4-12-8-11(10)18(15,16)13-7-9-2-5-17-6-3-9/h1,4,8-9,13H,2-3,5-7H2,(H,12,14). The molecule has 1 fully saturated rings. The lowest BCUT2D eigenvalue weighted by Crippen LogP contribution is -2.34. The van der Waals surface area contributed by atoms with E-state index >= 15 is 0 Å². The number of pyridine rings is 1. The first-order valence-corrected chi connectivity index (χ1v) is 7.32. The third-order valence-electron chi connectivity index (χ3n) is 2.98. The summed E-state index contributed by atoms with van der Waals surface area (Å²) in [7, 11) is -3.72. The van der Waals surface area contributed by atoms with Crippen LogP contribution >= 0.6 is 0 Å². The van der Waals surface area contributed by atoms with Crippen molar-refractivity contribution in [3.63, 3.8) is 0 Å². The van der Waals surface area contributed by atoms with Gasteiger partial charge in [-0.25, -0.2) is 13.1 Å². The highest BCUT2D eigenvalue weighted by Gasteiger charge is 2.20. The Kier molecular flexibility index (Phi) is 4.15. The van der Waals surface area contributed by atoms with Gasteiger partial charge in [0.1, 0.15) is 4.90 Å². The predicted octanol–water partition coefficient (Wildman–Crippen LogP) is 0.0798. The molecule has 0 saturated carbocycles. The van der Waals surface area contributed by atoms with Crippen LogP contribution in [0.2, 0.25) is 0 Å². The fourth-order valence-corrected chi connectivity index (χ4v) is 3.03. The van der Waals surface area contributed by atoms with Crippen LogP contribution in [-0.4, -0.2) is 33.2 Å². The number of rotatable bonds is 4. The molecular weight excluding hydrogens is 256 g/mol. The van der Waals surface area contributed by atoms with Crippen molar-refractivity contribution < 1.29 is 13.2 Å². The topological polar surface area (TPSA) is 88.3 Å². The highest BCUT2D eigenvalue weighted by Crippen LogP contribution is 2.14. The maximum atomic E-state index is 11.9.